The normalized spacial score (nSPS) is 11.4. The molecule has 0 spiro atoms. The third-order valence-electron chi connectivity index (χ3n) is 3.22. The van der Waals surface area contributed by atoms with Crippen LogP contribution in [-0.4, -0.2) is 26.9 Å². The summed E-state index contributed by atoms with van der Waals surface area (Å²) in [5, 5.41) is 20.5. The molecule has 2 rings (SSSR count). The highest BCUT2D eigenvalue weighted by Crippen LogP contribution is 2.39. The zero-order valence-corrected chi connectivity index (χ0v) is 11.7. The fourth-order valence-electron chi connectivity index (χ4n) is 2.03. The molecular weight excluding hydrogens is 276 g/mol. The summed E-state index contributed by atoms with van der Waals surface area (Å²) in [6.45, 7) is 1.57. The van der Waals surface area contributed by atoms with Crippen LogP contribution in [0.5, 0.6) is 0 Å². The maximum atomic E-state index is 11.4. The fraction of sp³-hybridized carbons (Fsp3) is 0.200. The molecule has 0 radical (unpaired) electrons. The largest absolute Gasteiger partial charge is 0.480 e. The quantitative estimate of drug-likeness (QED) is 0.653. The molecule has 0 aliphatic carbocycles. The first-order valence-electron chi connectivity index (χ1n) is 6.15. The second-order valence-electron chi connectivity index (χ2n) is 4.37. The molecule has 0 atom stereocenters. The standard InChI is InChI=1S/C15H14O4S/c1-2-15(13(16)17,14(18)19)20-12-9-5-7-10-6-3-4-8-11(10)12/h3-9H,2H2,1H3,(H,16,17)(H,18,19). The summed E-state index contributed by atoms with van der Waals surface area (Å²) in [5.41, 5.74) is 0. The summed E-state index contributed by atoms with van der Waals surface area (Å²) >= 11 is 0.883. The van der Waals surface area contributed by atoms with Gasteiger partial charge in [0.15, 0.2) is 0 Å². The van der Waals surface area contributed by atoms with Gasteiger partial charge in [0.05, 0.1) is 0 Å². The second-order valence-corrected chi connectivity index (χ2v) is 5.71. The van der Waals surface area contributed by atoms with Gasteiger partial charge in [-0.25, -0.2) is 0 Å². The maximum Gasteiger partial charge on any atom is 0.331 e. The highest BCUT2D eigenvalue weighted by Gasteiger charge is 2.46. The molecule has 4 nitrogen and oxygen atoms in total. The Kier molecular flexibility index (Phi) is 3.99. The van der Waals surface area contributed by atoms with Crippen LogP contribution >= 0.6 is 11.8 Å². The van der Waals surface area contributed by atoms with Gasteiger partial charge in [-0.3, -0.25) is 9.59 Å². The summed E-state index contributed by atoms with van der Waals surface area (Å²) in [6.07, 6.45) is 0.00551. The average molecular weight is 290 g/mol. The van der Waals surface area contributed by atoms with Crippen LogP contribution in [0.1, 0.15) is 13.3 Å². The lowest BCUT2D eigenvalue weighted by Crippen LogP contribution is -2.42. The second kappa shape index (κ2) is 5.54. The van der Waals surface area contributed by atoms with Crippen molar-refractivity contribution in [2.75, 3.05) is 0 Å². The van der Waals surface area contributed by atoms with Gasteiger partial charge in [0.25, 0.3) is 0 Å². The minimum Gasteiger partial charge on any atom is -0.480 e. The number of aliphatic carboxylic acids is 2. The molecule has 20 heavy (non-hydrogen) atoms. The number of rotatable bonds is 5. The van der Waals surface area contributed by atoms with Gasteiger partial charge in [-0.1, -0.05) is 55.1 Å². The Morgan fingerprint density at radius 2 is 1.65 bits per heavy atom. The van der Waals surface area contributed by atoms with E-state index < -0.39 is 16.7 Å². The number of carbonyl (C=O) groups is 2. The van der Waals surface area contributed by atoms with Gasteiger partial charge in [-0.2, -0.15) is 0 Å². The van der Waals surface area contributed by atoms with E-state index in [4.69, 9.17) is 0 Å². The molecule has 0 saturated heterocycles. The van der Waals surface area contributed by atoms with Crippen LogP contribution in [0.4, 0.5) is 0 Å². The first kappa shape index (κ1) is 14.4. The van der Waals surface area contributed by atoms with Gasteiger partial charge < -0.3 is 10.2 Å². The summed E-state index contributed by atoms with van der Waals surface area (Å²) in [6, 6.07) is 13.0. The highest BCUT2D eigenvalue weighted by atomic mass is 32.2. The maximum absolute atomic E-state index is 11.4. The first-order valence-corrected chi connectivity index (χ1v) is 6.96. The molecule has 0 unspecified atom stereocenters. The Bertz CT molecular complexity index is 646. The summed E-state index contributed by atoms with van der Waals surface area (Å²) < 4.78 is -1.86. The zero-order chi connectivity index (χ0) is 14.8. The minimum absolute atomic E-state index is 0.00551. The van der Waals surface area contributed by atoms with E-state index in [1.165, 1.54) is 0 Å². The van der Waals surface area contributed by atoms with Crippen molar-refractivity contribution in [2.24, 2.45) is 0 Å². The number of benzene rings is 2. The van der Waals surface area contributed by atoms with Gasteiger partial charge in [-0.15, -0.1) is 0 Å². The molecule has 0 bridgehead atoms. The van der Waals surface area contributed by atoms with Crippen LogP contribution < -0.4 is 0 Å². The SMILES string of the molecule is CCC(Sc1cccc2ccccc12)(C(=O)O)C(=O)O. The third-order valence-corrected chi connectivity index (χ3v) is 4.78. The van der Waals surface area contributed by atoms with Crippen molar-refractivity contribution in [1.82, 2.24) is 0 Å². The molecule has 2 aromatic rings. The lowest BCUT2D eigenvalue weighted by atomic mass is 10.1. The topological polar surface area (TPSA) is 74.6 Å². The lowest BCUT2D eigenvalue weighted by Gasteiger charge is -2.23. The van der Waals surface area contributed by atoms with E-state index in [9.17, 15) is 19.8 Å². The molecule has 0 aliphatic heterocycles. The van der Waals surface area contributed by atoms with E-state index in [1.807, 2.05) is 30.3 Å². The molecule has 104 valence electrons. The number of fused-ring (bicyclic) bond motifs is 1. The number of thioether (sulfide) groups is 1. The number of hydrogen-bond acceptors (Lipinski definition) is 3. The molecule has 0 heterocycles. The summed E-state index contributed by atoms with van der Waals surface area (Å²) in [4.78, 5) is 23.5. The molecule has 5 heteroatoms. The fourth-order valence-corrected chi connectivity index (χ4v) is 3.16. The summed E-state index contributed by atoms with van der Waals surface area (Å²) in [5.74, 6) is -2.66. The van der Waals surface area contributed by atoms with Gasteiger partial charge in [0.1, 0.15) is 0 Å². The molecule has 0 aliphatic rings. The van der Waals surface area contributed by atoms with Crippen molar-refractivity contribution in [3.05, 3.63) is 42.5 Å². The van der Waals surface area contributed by atoms with Crippen LogP contribution in [0, 0.1) is 0 Å². The van der Waals surface area contributed by atoms with Gasteiger partial charge in [0, 0.05) is 4.90 Å². The van der Waals surface area contributed by atoms with E-state index >= 15 is 0 Å². The van der Waals surface area contributed by atoms with Gasteiger partial charge >= 0.3 is 11.9 Å². The van der Waals surface area contributed by atoms with Crippen LogP contribution in [0.3, 0.4) is 0 Å². The molecule has 2 N–H and O–H groups in total. The van der Waals surface area contributed by atoms with E-state index in [0.29, 0.717) is 4.90 Å². The van der Waals surface area contributed by atoms with Gasteiger partial charge in [0.2, 0.25) is 4.75 Å². The van der Waals surface area contributed by atoms with Crippen molar-refractivity contribution in [1.29, 1.82) is 0 Å². The average Bonchev–Trinajstić information content (AvgIpc) is 2.44. The Hall–Kier alpha value is -2.01. The first-order chi connectivity index (χ1) is 9.51. The lowest BCUT2D eigenvalue weighted by molar-refractivity contribution is -0.151. The number of carboxylic acids is 2. The Morgan fingerprint density at radius 1 is 1.05 bits per heavy atom. The van der Waals surface area contributed by atoms with Crippen molar-refractivity contribution >= 4 is 34.5 Å². The molecular formula is C15H14O4S. The van der Waals surface area contributed by atoms with Crippen molar-refractivity contribution in [3.63, 3.8) is 0 Å². The van der Waals surface area contributed by atoms with Gasteiger partial charge in [-0.05, 0) is 23.3 Å². The smallest absolute Gasteiger partial charge is 0.331 e. The Morgan fingerprint density at radius 3 is 2.25 bits per heavy atom. The molecule has 2 aromatic carbocycles. The molecule has 0 aromatic heterocycles. The minimum atomic E-state index is -1.86. The Balaban J connectivity index is 2.54. The van der Waals surface area contributed by atoms with E-state index in [2.05, 4.69) is 0 Å². The van der Waals surface area contributed by atoms with E-state index in [0.717, 1.165) is 22.5 Å². The van der Waals surface area contributed by atoms with Crippen LogP contribution in [-0.2, 0) is 9.59 Å². The molecule has 0 fully saturated rings. The van der Waals surface area contributed by atoms with Crippen LogP contribution in [0.25, 0.3) is 10.8 Å². The van der Waals surface area contributed by atoms with Crippen LogP contribution in [0.2, 0.25) is 0 Å². The third kappa shape index (κ3) is 2.36. The van der Waals surface area contributed by atoms with E-state index in [1.54, 1.807) is 19.1 Å². The van der Waals surface area contributed by atoms with E-state index in [-0.39, 0.29) is 6.42 Å². The number of hydrogen-bond donors (Lipinski definition) is 2. The molecule has 0 saturated carbocycles. The predicted molar refractivity (Wildman–Crippen MR) is 78.1 cm³/mol. The summed E-state index contributed by atoms with van der Waals surface area (Å²) in [7, 11) is 0. The van der Waals surface area contributed by atoms with Crippen molar-refractivity contribution < 1.29 is 19.8 Å². The monoisotopic (exact) mass is 290 g/mol. The number of carboxylic acid groups (broad SMARTS) is 2. The zero-order valence-electron chi connectivity index (χ0n) is 10.9. The van der Waals surface area contributed by atoms with Crippen LogP contribution in [0.15, 0.2) is 47.4 Å². The Labute approximate surface area is 120 Å². The highest BCUT2D eigenvalue weighted by molar-refractivity contribution is 8.02. The molecule has 0 amide bonds. The van der Waals surface area contributed by atoms with Crippen molar-refractivity contribution in [2.45, 2.75) is 23.0 Å². The predicted octanol–water partition coefficient (Wildman–Crippen LogP) is 3.25. The van der Waals surface area contributed by atoms with Crippen molar-refractivity contribution in [3.8, 4) is 0 Å².